The summed E-state index contributed by atoms with van der Waals surface area (Å²) in [5.74, 6) is 0. The highest BCUT2D eigenvalue weighted by atomic mass is 14.6. The fraction of sp³-hybridized carbons (Fsp3) is 0.538. The molecule has 0 aliphatic carbocycles. The molecule has 0 radical (unpaired) electrons. The normalized spacial score (nSPS) is 12.9. The summed E-state index contributed by atoms with van der Waals surface area (Å²) in [6.45, 7) is 6.51. The zero-order valence-corrected chi connectivity index (χ0v) is 9.51. The lowest BCUT2D eigenvalue weighted by molar-refractivity contribution is 0.696. The monoisotopic (exact) mass is 191 g/mol. The van der Waals surface area contributed by atoms with Gasteiger partial charge in [-0.05, 0) is 36.0 Å². The smallest absolute Gasteiger partial charge is 0.0292 e. The van der Waals surface area contributed by atoms with Crippen molar-refractivity contribution >= 4 is 0 Å². The number of rotatable bonds is 4. The number of hydrogen-bond acceptors (Lipinski definition) is 1. The van der Waals surface area contributed by atoms with Gasteiger partial charge in [-0.2, -0.15) is 0 Å². The third-order valence-corrected chi connectivity index (χ3v) is 2.76. The number of hydrogen-bond donors (Lipinski definition) is 1. The van der Waals surface area contributed by atoms with Gasteiger partial charge in [-0.15, -0.1) is 0 Å². The lowest BCUT2D eigenvalue weighted by Gasteiger charge is -2.12. The van der Waals surface area contributed by atoms with Crippen LogP contribution in [0, 0.1) is 0 Å². The van der Waals surface area contributed by atoms with Crippen LogP contribution >= 0.6 is 0 Å². The van der Waals surface area contributed by atoms with Crippen molar-refractivity contribution in [1.82, 2.24) is 0 Å². The predicted octanol–water partition coefficient (Wildman–Crippen LogP) is 3.22. The van der Waals surface area contributed by atoms with Gasteiger partial charge in [0, 0.05) is 6.04 Å². The summed E-state index contributed by atoms with van der Waals surface area (Å²) in [5, 5.41) is 0. The molecule has 1 rings (SSSR count). The van der Waals surface area contributed by atoms with E-state index >= 15 is 0 Å². The van der Waals surface area contributed by atoms with E-state index < -0.39 is 0 Å². The van der Waals surface area contributed by atoms with E-state index in [-0.39, 0.29) is 6.04 Å². The molecule has 1 aromatic rings. The standard InChI is InChI=1S/C13H21N/c1-4-10-7-11(5-2)9-12(8-10)13(14)6-3/h7-9,13H,4-6,14H2,1-3H3/t13-/m1/s1. The van der Waals surface area contributed by atoms with E-state index in [1.807, 2.05) is 0 Å². The molecule has 0 saturated heterocycles. The molecule has 1 atom stereocenters. The quantitative estimate of drug-likeness (QED) is 0.777. The second-order valence-electron chi connectivity index (χ2n) is 3.80. The van der Waals surface area contributed by atoms with Crippen molar-refractivity contribution < 1.29 is 0 Å². The zero-order valence-electron chi connectivity index (χ0n) is 9.51. The first kappa shape index (κ1) is 11.3. The Morgan fingerprint density at radius 3 is 1.86 bits per heavy atom. The van der Waals surface area contributed by atoms with Gasteiger partial charge in [0.2, 0.25) is 0 Å². The van der Waals surface area contributed by atoms with Gasteiger partial charge >= 0.3 is 0 Å². The predicted molar refractivity (Wildman–Crippen MR) is 62.4 cm³/mol. The fourth-order valence-electron chi connectivity index (χ4n) is 1.65. The van der Waals surface area contributed by atoms with Crippen molar-refractivity contribution in [3.8, 4) is 0 Å². The van der Waals surface area contributed by atoms with Crippen LogP contribution in [0.25, 0.3) is 0 Å². The third-order valence-electron chi connectivity index (χ3n) is 2.76. The summed E-state index contributed by atoms with van der Waals surface area (Å²) in [7, 11) is 0. The second kappa shape index (κ2) is 5.16. The van der Waals surface area contributed by atoms with Crippen molar-refractivity contribution in [2.75, 3.05) is 0 Å². The Balaban J connectivity index is 3.04. The summed E-state index contributed by atoms with van der Waals surface area (Å²) in [6.07, 6.45) is 3.20. The molecule has 0 aliphatic rings. The Hall–Kier alpha value is -0.820. The minimum absolute atomic E-state index is 0.201. The highest BCUT2D eigenvalue weighted by Gasteiger charge is 2.05. The van der Waals surface area contributed by atoms with E-state index in [0.717, 1.165) is 19.3 Å². The average Bonchev–Trinajstić information content (AvgIpc) is 2.27. The fourth-order valence-corrected chi connectivity index (χ4v) is 1.65. The van der Waals surface area contributed by atoms with Gasteiger partial charge in [-0.25, -0.2) is 0 Å². The van der Waals surface area contributed by atoms with Crippen molar-refractivity contribution in [1.29, 1.82) is 0 Å². The van der Waals surface area contributed by atoms with Crippen LogP contribution in [0.15, 0.2) is 18.2 Å². The second-order valence-corrected chi connectivity index (χ2v) is 3.80. The summed E-state index contributed by atoms with van der Waals surface area (Å²) in [6, 6.07) is 6.97. The summed E-state index contributed by atoms with van der Waals surface area (Å²) in [4.78, 5) is 0. The summed E-state index contributed by atoms with van der Waals surface area (Å²) >= 11 is 0. The molecule has 0 aromatic heterocycles. The van der Waals surface area contributed by atoms with E-state index in [0.29, 0.717) is 0 Å². The molecule has 0 bridgehead atoms. The lowest BCUT2D eigenvalue weighted by atomic mass is 9.97. The summed E-state index contributed by atoms with van der Waals surface area (Å²) in [5.41, 5.74) is 10.1. The van der Waals surface area contributed by atoms with Crippen LogP contribution in [-0.4, -0.2) is 0 Å². The van der Waals surface area contributed by atoms with Gasteiger partial charge in [0.15, 0.2) is 0 Å². The molecule has 0 spiro atoms. The highest BCUT2D eigenvalue weighted by molar-refractivity contribution is 5.32. The third kappa shape index (κ3) is 2.58. The first-order chi connectivity index (χ1) is 6.71. The molecular formula is C13H21N. The molecule has 0 heterocycles. The van der Waals surface area contributed by atoms with Gasteiger partial charge in [-0.3, -0.25) is 0 Å². The minimum Gasteiger partial charge on any atom is -0.324 e. The Bertz CT molecular complexity index is 269. The average molecular weight is 191 g/mol. The molecular weight excluding hydrogens is 170 g/mol. The number of aryl methyl sites for hydroxylation is 2. The topological polar surface area (TPSA) is 26.0 Å². The van der Waals surface area contributed by atoms with Crippen LogP contribution in [0.4, 0.5) is 0 Å². The Labute approximate surface area is 87.3 Å². The van der Waals surface area contributed by atoms with E-state index in [2.05, 4.69) is 39.0 Å². The van der Waals surface area contributed by atoms with Crippen LogP contribution < -0.4 is 5.73 Å². The lowest BCUT2D eigenvalue weighted by Crippen LogP contribution is -2.09. The largest absolute Gasteiger partial charge is 0.324 e. The molecule has 0 unspecified atom stereocenters. The maximum Gasteiger partial charge on any atom is 0.0292 e. The minimum atomic E-state index is 0.201. The van der Waals surface area contributed by atoms with Gasteiger partial charge < -0.3 is 5.73 Å². The molecule has 2 N–H and O–H groups in total. The van der Waals surface area contributed by atoms with Gasteiger partial charge in [0.1, 0.15) is 0 Å². The number of nitrogens with two attached hydrogens (primary N) is 1. The maximum atomic E-state index is 6.04. The van der Waals surface area contributed by atoms with Crippen LogP contribution in [0.3, 0.4) is 0 Å². The van der Waals surface area contributed by atoms with Crippen molar-refractivity contribution in [3.63, 3.8) is 0 Å². The summed E-state index contributed by atoms with van der Waals surface area (Å²) < 4.78 is 0. The first-order valence-corrected chi connectivity index (χ1v) is 5.59. The van der Waals surface area contributed by atoms with E-state index in [1.165, 1.54) is 16.7 Å². The molecule has 0 fully saturated rings. The zero-order chi connectivity index (χ0) is 10.6. The van der Waals surface area contributed by atoms with Crippen molar-refractivity contribution in [2.24, 2.45) is 5.73 Å². The molecule has 1 nitrogen and oxygen atoms in total. The molecule has 78 valence electrons. The van der Waals surface area contributed by atoms with Crippen LogP contribution in [0.2, 0.25) is 0 Å². The molecule has 1 heteroatoms. The van der Waals surface area contributed by atoms with Gasteiger partial charge in [0.05, 0.1) is 0 Å². The van der Waals surface area contributed by atoms with Gasteiger partial charge in [-0.1, -0.05) is 39.0 Å². The van der Waals surface area contributed by atoms with Crippen molar-refractivity contribution in [3.05, 3.63) is 34.9 Å². The Morgan fingerprint density at radius 2 is 1.50 bits per heavy atom. The SMILES string of the molecule is CCc1cc(CC)cc([C@H](N)CC)c1. The van der Waals surface area contributed by atoms with E-state index in [1.54, 1.807) is 0 Å². The molecule has 14 heavy (non-hydrogen) atoms. The molecule has 1 aromatic carbocycles. The van der Waals surface area contributed by atoms with Crippen LogP contribution in [0.1, 0.15) is 49.9 Å². The first-order valence-electron chi connectivity index (χ1n) is 5.59. The van der Waals surface area contributed by atoms with Crippen LogP contribution in [0.5, 0.6) is 0 Å². The van der Waals surface area contributed by atoms with E-state index in [9.17, 15) is 0 Å². The Kier molecular flexibility index (Phi) is 4.15. The van der Waals surface area contributed by atoms with Crippen molar-refractivity contribution in [2.45, 2.75) is 46.1 Å². The maximum absolute atomic E-state index is 6.04. The van der Waals surface area contributed by atoms with Crippen LogP contribution in [-0.2, 0) is 12.8 Å². The molecule has 0 amide bonds. The molecule has 0 aliphatic heterocycles. The van der Waals surface area contributed by atoms with E-state index in [4.69, 9.17) is 5.73 Å². The Morgan fingerprint density at radius 1 is 1.00 bits per heavy atom. The number of benzene rings is 1. The molecule has 0 saturated carbocycles. The highest BCUT2D eigenvalue weighted by Crippen LogP contribution is 2.18. The van der Waals surface area contributed by atoms with Gasteiger partial charge in [0.25, 0.3) is 0 Å².